The fourth-order valence-electron chi connectivity index (χ4n) is 3.42. The van der Waals surface area contributed by atoms with Crippen molar-refractivity contribution in [3.05, 3.63) is 29.8 Å². The maximum atomic E-state index is 11.6. The zero-order chi connectivity index (χ0) is 16.3. The monoisotopic (exact) mass is 339 g/mol. The number of ether oxygens (including phenoxy) is 1. The Hall–Kier alpha value is -1.15. The number of piperidine rings is 1. The molecule has 1 unspecified atom stereocenters. The average Bonchev–Trinajstić information content (AvgIpc) is 2.56. The lowest BCUT2D eigenvalue weighted by Gasteiger charge is -2.34. The van der Waals surface area contributed by atoms with Gasteiger partial charge in [-0.05, 0) is 31.0 Å². The zero-order valence-electron chi connectivity index (χ0n) is 13.4. The molecule has 2 heterocycles. The number of hydrogen-bond acceptors (Lipinski definition) is 5. The Kier molecular flexibility index (Phi) is 5.21. The Morgan fingerprint density at radius 2 is 1.91 bits per heavy atom. The van der Waals surface area contributed by atoms with E-state index in [1.54, 1.807) is 0 Å². The van der Waals surface area contributed by atoms with Gasteiger partial charge in [0.15, 0.2) is 0 Å². The number of hydrogen-bond donors (Lipinski definition) is 1. The number of morpholine rings is 1. The van der Waals surface area contributed by atoms with E-state index in [2.05, 4.69) is 28.0 Å². The lowest BCUT2D eigenvalue weighted by Crippen LogP contribution is -2.44. The second-order valence-corrected chi connectivity index (χ2v) is 8.16. The van der Waals surface area contributed by atoms with Crippen molar-refractivity contribution in [2.24, 2.45) is 5.14 Å². The summed E-state index contributed by atoms with van der Waals surface area (Å²) >= 11 is 0. The molecule has 0 spiro atoms. The number of nitrogens with zero attached hydrogens (tertiary/aromatic N) is 2. The summed E-state index contributed by atoms with van der Waals surface area (Å²) < 4.78 is 28.7. The first-order valence-corrected chi connectivity index (χ1v) is 9.79. The van der Waals surface area contributed by atoms with Crippen LogP contribution in [0.15, 0.2) is 24.3 Å². The Morgan fingerprint density at radius 1 is 1.17 bits per heavy atom. The van der Waals surface area contributed by atoms with Gasteiger partial charge in [0, 0.05) is 31.9 Å². The van der Waals surface area contributed by atoms with Crippen LogP contribution in [0.25, 0.3) is 0 Å². The van der Waals surface area contributed by atoms with Crippen LogP contribution in [-0.2, 0) is 21.3 Å². The topological polar surface area (TPSA) is 75.9 Å². The van der Waals surface area contributed by atoms with E-state index in [1.165, 1.54) is 11.3 Å². The first kappa shape index (κ1) is 16.7. The largest absolute Gasteiger partial charge is 0.378 e. The summed E-state index contributed by atoms with van der Waals surface area (Å²) in [6.07, 6.45) is 1.54. The summed E-state index contributed by atoms with van der Waals surface area (Å²) in [5.41, 5.74) is 2.47. The van der Waals surface area contributed by atoms with Crippen molar-refractivity contribution in [1.82, 2.24) is 4.90 Å². The summed E-state index contributed by atoms with van der Waals surface area (Å²) in [5, 5.41) is 4.90. The highest BCUT2D eigenvalue weighted by Gasteiger charge is 2.28. The molecule has 0 aliphatic carbocycles. The number of nitrogens with two attached hydrogens (primary N) is 1. The number of sulfonamides is 1. The van der Waals surface area contributed by atoms with Gasteiger partial charge in [-0.3, -0.25) is 4.90 Å². The van der Waals surface area contributed by atoms with E-state index < -0.39 is 15.3 Å². The van der Waals surface area contributed by atoms with Gasteiger partial charge >= 0.3 is 0 Å². The summed E-state index contributed by atoms with van der Waals surface area (Å²) in [6.45, 7) is 5.52. The lowest BCUT2D eigenvalue weighted by molar-refractivity contribution is 0.122. The number of primary sulfonamides is 1. The van der Waals surface area contributed by atoms with Crippen LogP contribution in [0, 0.1) is 0 Å². The maximum Gasteiger partial charge on any atom is 0.213 e. The van der Waals surface area contributed by atoms with Crippen molar-refractivity contribution >= 4 is 15.7 Å². The van der Waals surface area contributed by atoms with Crippen LogP contribution in [-0.4, -0.2) is 58.0 Å². The molecule has 7 heteroatoms. The molecule has 0 radical (unpaired) electrons. The highest BCUT2D eigenvalue weighted by Crippen LogP contribution is 2.25. The predicted octanol–water partition coefficient (Wildman–Crippen LogP) is 0.776. The fraction of sp³-hybridized carbons (Fsp3) is 0.625. The molecule has 2 aliphatic heterocycles. The average molecular weight is 339 g/mol. The first-order chi connectivity index (χ1) is 11.0. The molecular weight excluding hydrogens is 314 g/mol. The van der Waals surface area contributed by atoms with Crippen LogP contribution in [0.3, 0.4) is 0 Å². The Morgan fingerprint density at radius 3 is 2.65 bits per heavy atom. The highest BCUT2D eigenvalue weighted by molar-refractivity contribution is 7.89. The van der Waals surface area contributed by atoms with E-state index in [-0.39, 0.29) is 0 Å². The van der Waals surface area contributed by atoms with Crippen molar-refractivity contribution < 1.29 is 13.2 Å². The maximum absolute atomic E-state index is 11.6. The van der Waals surface area contributed by atoms with E-state index in [0.29, 0.717) is 13.0 Å². The van der Waals surface area contributed by atoms with Gasteiger partial charge in [-0.2, -0.15) is 0 Å². The Balaban J connectivity index is 1.72. The van der Waals surface area contributed by atoms with Gasteiger partial charge in [-0.1, -0.05) is 18.2 Å². The minimum atomic E-state index is -3.45. The van der Waals surface area contributed by atoms with Crippen LogP contribution >= 0.6 is 0 Å². The minimum absolute atomic E-state index is 0.438. The van der Waals surface area contributed by atoms with Crippen molar-refractivity contribution in [3.8, 4) is 0 Å². The third-order valence-corrected chi connectivity index (χ3v) is 5.98. The van der Waals surface area contributed by atoms with Crippen LogP contribution in [0.2, 0.25) is 0 Å². The molecule has 23 heavy (non-hydrogen) atoms. The second kappa shape index (κ2) is 7.17. The molecule has 6 nitrogen and oxygen atoms in total. The van der Waals surface area contributed by atoms with Crippen LogP contribution in [0.4, 0.5) is 5.69 Å². The van der Waals surface area contributed by atoms with Gasteiger partial charge < -0.3 is 9.64 Å². The number of para-hydroxylation sites is 1. The van der Waals surface area contributed by atoms with E-state index in [4.69, 9.17) is 9.88 Å². The van der Waals surface area contributed by atoms with Gasteiger partial charge in [0.05, 0.1) is 18.5 Å². The summed E-state index contributed by atoms with van der Waals surface area (Å²) in [7, 11) is -3.45. The minimum Gasteiger partial charge on any atom is -0.378 e. The Labute approximate surface area is 138 Å². The molecule has 2 fully saturated rings. The smallest absolute Gasteiger partial charge is 0.213 e. The second-order valence-electron chi connectivity index (χ2n) is 6.32. The molecule has 0 aromatic heterocycles. The van der Waals surface area contributed by atoms with Crippen molar-refractivity contribution in [2.75, 3.05) is 44.3 Å². The molecule has 128 valence electrons. The van der Waals surface area contributed by atoms with E-state index in [0.717, 1.165) is 45.8 Å². The van der Waals surface area contributed by atoms with Gasteiger partial charge in [0.1, 0.15) is 0 Å². The van der Waals surface area contributed by atoms with Crippen LogP contribution in [0.5, 0.6) is 0 Å². The molecule has 0 bridgehead atoms. The van der Waals surface area contributed by atoms with Crippen molar-refractivity contribution in [1.29, 1.82) is 0 Å². The van der Waals surface area contributed by atoms with Crippen LogP contribution in [0.1, 0.15) is 18.4 Å². The molecular formula is C16H25N3O3S. The number of likely N-dealkylation sites (tertiary alicyclic amines) is 1. The normalized spacial score (nSPS) is 23.9. The molecule has 0 amide bonds. The van der Waals surface area contributed by atoms with Gasteiger partial charge in [-0.15, -0.1) is 0 Å². The molecule has 2 saturated heterocycles. The number of benzene rings is 1. The molecule has 2 aliphatic rings. The number of anilines is 1. The lowest BCUT2D eigenvalue weighted by atomic mass is 10.1. The zero-order valence-corrected chi connectivity index (χ0v) is 14.2. The van der Waals surface area contributed by atoms with E-state index >= 15 is 0 Å². The molecule has 3 rings (SSSR count). The molecule has 1 aromatic rings. The summed E-state index contributed by atoms with van der Waals surface area (Å²) in [6, 6.07) is 8.37. The molecule has 0 saturated carbocycles. The fourth-order valence-corrected chi connectivity index (χ4v) is 4.34. The quantitative estimate of drug-likeness (QED) is 0.877. The SMILES string of the molecule is NS(=O)(=O)C1CCCN(Cc2ccccc2N2CCOCC2)C1. The third-order valence-electron chi connectivity index (χ3n) is 4.66. The van der Waals surface area contributed by atoms with Crippen molar-refractivity contribution in [3.63, 3.8) is 0 Å². The van der Waals surface area contributed by atoms with Crippen molar-refractivity contribution in [2.45, 2.75) is 24.6 Å². The van der Waals surface area contributed by atoms with E-state index in [9.17, 15) is 8.42 Å². The molecule has 1 aromatic carbocycles. The standard InChI is InChI=1S/C16H25N3O3S/c17-23(20,21)15-5-3-7-18(13-15)12-14-4-1-2-6-16(14)19-8-10-22-11-9-19/h1-2,4,6,15H,3,5,7-13H2,(H2,17,20,21). The van der Waals surface area contributed by atoms with Gasteiger partial charge in [-0.25, -0.2) is 13.6 Å². The van der Waals surface area contributed by atoms with Crippen LogP contribution < -0.4 is 10.0 Å². The van der Waals surface area contributed by atoms with E-state index in [1.807, 2.05) is 6.07 Å². The van der Waals surface area contributed by atoms with Gasteiger partial charge in [0.2, 0.25) is 10.0 Å². The Bertz CT molecular complexity index is 629. The summed E-state index contributed by atoms with van der Waals surface area (Å²) in [4.78, 5) is 4.55. The first-order valence-electron chi connectivity index (χ1n) is 8.18. The molecule has 1 atom stereocenters. The highest BCUT2D eigenvalue weighted by atomic mass is 32.2. The predicted molar refractivity (Wildman–Crippen MR) is 90.9 cm³/mol. The summed E-state index contributed by atoms with van der Waals surface area (Å²) in [5.74, 6) is 0. The van der Waals surface area contributed by atoms with Gasteiger partial charge in [0.25, 0.3) is 0 Å². The molecule has 2 N–H and O–H groups in total. The third kappa shape index (κ3) is 4.23. The number of rotatable bonds is 4.